The maximum Gasteiger partial charge on any atom is 0.251 e. The maximum absolute atomic E-state index is 12.6. The number of pyridine rings is 1. The molecule has 5 nitrogen and oxygen atoms in total. The second-order valence-corrected chi connectivity index (χ2v) is 8.81. The Morgan fingerprint density at radius 1 is 1.13 bits per heavy atom. The average Bonchev–Trinajstić information content (AvgIpc) is 2.79. The van der Waals surface area contributed by atoms with Gasteiger partial charge in [-0.25, -0.2) is 4.98 Å². The minimum absolute atomic E-state index is 0.0678. The molecule has 1 aromatic heterocycles. The number of carbonyl (C=O) groups is 1. The van der Waals surface area contributed by atoms with E-state index < -0.39 is 0 Å². The molecule has 1 N–H and O–H groups in total. The summed E-state index contributed by atoms with van der Waals surface area (Å²) in [5, 5.41) is 3.97. The molecule has 2 heterocycles. The van der Waals surface area contributed by atoms with Crippen molar-refractivity contribution in [2.45, 2.75) is 36.0 Å². The van der Waals surface area contributed by atoms with Crippen LogP contribution in [0.3, 0.4) is 0 Å². The van der Waals surface area contributed by atoms with Gasteiger partial charge in [0.25, 0.3) is 5.91 Å². The number of benzene rings is 2. The highest BCUT2D eigenvalue weighted by atomic mass is 32.2. The molecule has 2 aromatic carbocycles. The number of amides is 1. The standard InChI is InChI=1S/C25H27N3O2S/c1-19-17-28(13-14-30-19)18-21-6-4-5-20(15-21)16-27-25(29)22-8-10-23(11-9-22)31-24-7-2-3-12-26-24/h2-12,15,19H,13-14,16-18H2,1H3,(H,27,29). The molecule has 1 aliphatic heterocycles. The number of hydrogen-bond acceptors (Lipinski definition) is 5. The number of nitrogens with zero attached hydrogens (tertiary/aromatic N) is 2. The van der Waals surface area contributed by atoms with Gasteiger partial charge in [-0.1, -0.05) is 42.1 Å². The lowest BCUT2D eigenvalue weighted by Gasteiger charge is -2.31. The third-order valence-corrected chi connectivity index (χ3v) is 6.11. The molecule has 0 radical (unpaired) electrons. The molecule has 0 saturated carbocycles. The molecule has 0 bridgehead atoms. The zero-order valence-electron chi connectivity index (χ0n) is 17.7. The number of rotatable bonds is 7. The van der Waals surface area contributed by atoms with Gasteiger partial charge in [0, 0.05) is 42.8 Å². The summed E-state index contributed by atoms with van der Waals surface area (Å²) in [5.41, 5.74) is 3.02. The Morgan fingerprint density at radius 2 is 1.97 bits per heavy atom. The van der Waals surface area contributed by atoms with E-state index in [9.17, 15) is 4.79 Å². The number of carbonyl (C=O) groups excluding carboxylic acids is 1. The van der Waals surface area contributed by atoms with Crippen LogP contribution in [0.5, 0.6) is 0 Å². The number of aromatic nitrogens is 1. The van der Waals surface area contributed by atoms with Crippen molar-refractivity contribution in [3.8, 4) is 0 Å². The van der Waals surface area contributed by atoms with Crippen LogP contribution in [0.4, 0.5) is 0 Å². The minimum atomic E-state index is -0.0678. The van der Waals surface area contributed by atoms with Gasteiger partial charge in [0.1, 0.15) is 5.03 Å². The SMILES string of the molecule is CC1CN(Cc2cccc(CNC(=O)c3ccc(Sc4ccccn4)cc3)c2)CCO1. The average molecular weight is 434 g/mol. The molecule has 1 atom stereocenters. The largest absolute Gasteiger partial charge is 0.376 e. The Hall–Kier alpha value is -2.67. The summed E-state index contributed by atoms with van der Waals surface area (Å²) in [6.45, 7) is 6.23. The summed E-state index contributed by atoms with van der Waals surface area (Å²) in [5.74, 6) is -0.0678. The molecule has 1 amide bonds. The van der Waals surface area contributed by atoms with Crippen molar-refractivity contribution in [1.29, 1.82) is 0 Å². The molecular weight excluding hydrogens is 406 g/mol. The summed E-state index contributed by atoms with van der Waals surface area (Å²) in [6.07, 6.45) is 2.06. The summed E-state index contributed by atoms with van der Waals surface area (Å²) in [7, 11) is 0. The molecule has 0 spiro atoms. The van der Waals surface area contributed by atoms with Gasteiger partial charge in [0.15, 0.2) is 0 Å². The molecule has 1 aliphatic rings. The normalized spacial score (nSPS) is 16.7. The van der Waals surface area contributed by atoms with Gasteiger partial charge in [-0.2, -0.15) is 0 Å². The Bertz CT molecular complexity index is 995. The van der Waals surface area contributed by atoms with E-state index in [0.29, 0.717) is 12.1 Å². The first-order valence-electron chi connectivity index (χ1n) is 10.5. The van der Waals surface area contributed by atoms with Crippen LogP contribution < -0.4 is 5.32 Å². The lowest BCUT2D eigenvalue weighted by atomic mass is 10.1. The lowest BCUT2D eigenvalue weighted by molar-refractivity contribution is -0.0212. The van der Waals surface area contributed by atoms with E-state index in [1.807, 2.05) is 42.5 Å². The molecule has 1 fully saturated rings. The van der Waals surface area contributed by atoms with Crippen LogP contribution in [0.1, 0.15) is 28.4 Å². The van der Waals surface area contributed by atoms with Crippen LogP contribution in [-0.4, -0.2) is 41.6 Å². The summed E-state index contributed by atoms with van der Waals surface area (Å²) >= 11 is 1.58. The second-order valence-electron chi connectivity index (χ2n) is 7.71. The molecule has 4 rings (SSSR count). The monoisotopic (exact) mass is 433 g/mol. The van der Waals surface area contributed by atoms with E-state index in [-0.39, 0.29) is 12.0 Å². The molecule has 31 heavy (non-hydrogen) atoms. The van der Waals surface area contributed by atoms with E-state index in [0.717, 1.165) is 41.7 Å². The molecule has 3 aromatic rings. The number of morpholine rings is 1. The predicted octanol–water partition coefficient (Wildman–Crippen LogP) is 4.38. The first kappa shape index (κ1) is 21.6. The molecule has 0 aliphatic carbocycles. The van der Waals surface area contributed by atoms with Gasteiger partial charge in [-0.05, 0) is 54.4 Å². The smallest absolute Gasteiger partial charge is 0.251 e. The summed E-state index contributed by atoms with van der Waals surface area (Å²) in [4.78, 5) is 20.4. The van der Waals surface area contributed by atoms with E-state index >= 15 is 0 Å². The van der Waals surface area contributed by atoms with Crippen LogP contribution in [0, 0.1) is 0 Å². The van der Waals surface area contributed by atoms with Crippen LogP contribution >= 0.6 is 11.8 Å². The number of nitrogens with one attached hydrogen (secondary N) is 1. The van der Waals surface area contributed by atoms with Crippen molar-refractivity contribution in [3.05, 3.63) is 89.6 Å². The van der Waals surface area contributed by atoms with Crippen molar-refractivity contribution in [2.75, 3.05) is 19.7 Å². The fourth-order valence-electron chi connectivity index (χ4n) is 3.62. The molecular formula is C25H27N3O2S. The van der Waals surface area contributed by atoms with Crippen LogP contribution in [-0.2, 0) is 17.8 Å². The summed E-state index contributed by atoms with van der Waals surface area (Å²) < 4.78 is 5.62. The third-order valence-electron chi connectivity index (χ3n) is 5.15. The molecule has 1 unspecified atom stereocenters. The molecule has 160 valence electrons. The van der Waals surface area contributed by atoms with Crippen LogP contribution in [0.25, 0.3) is 0 Å². The van der Waals surface area contributed by atoms with E-state index in [1.165, 1.54) is 5.56 Å². The van der Waals surface area contributed by atoms with Crippen molar-refractivity contribution in [1.82, 2.24) is 15.2 Å². The fraction of sp³-hybridized carbons (Fsp3) is 0.280. The highest BCUT2D eigenvalue weighted by Gasteiger charge is 2.16. The Kier molecular flexibility index (Phi) is 7.35. The molecule has 6 heteroatoms. The Balaban J connectivity index is 1.30. The summed E-state index contributed by atoms with van der Waals surface area (Å²) in [6, 6.07) is 21.9. The predicted molar refractivity (Wildman–Crippen MR) is 123 cm³/mol. The Morgan fingerprint density at radius 3 is 2.74 bits per heavy atom. The van der Waals surface area contributed by atoms with Crippen molar-refractivity contribution >= 4 is 17.7 Å². The topological polar surface area (TPSA) is 54.5 Å². The van der Waals surface area contributed by atoms with E-state index in [1.54, 1.807) is 18.0 Å². The minimum Gasteiger partial charge on any atom is -0.376 e. The third kappa shape index (κ3) is 6.40. The highest BCUT2D eigenvalue weighted by Crippen LogP contribution is 2.25. The Labute approximate surface area is 187 Å². The highest BCUT2D eigenvalue weighted by molar-refractivity contribution is 7.99. The van der Waals surface area contributed by atoms with Gasteiger partial charge in [0.05, 0.1) is 12.7 Å². The zero-order valence-corrected chi connectivity index (χ0v) is 18.5. The lowest BCUT2D eigenvalue weighted by Crippen LogP contribution is -2.40. The first-order chi connectivity index (χ1) is 15.2. The second kappa shape index (κ2) is 10.6. The number of hydrogen-bond donors (Lipinski definition) is 1. The zero-order chi connectivity index (χ0) is 21.5. The van der Waals surface area contributed by atoms with Crippen LogP contribution in [0.2, 0.25) is 0 Å². The van der Waals surface area contributed by atoms with Crippen molar-refractivity contribution in [3.63, 3.8) is 0 Å². The van der Waals surface area contributed by atoms with Gasteiger partial charge in [0.2, 0.25) is 0 Å². The van der Waals surface area contributed by atoms with Crippen LogP contribution in [0.15, 0.2) is 82.8 Å². The van der Waals surface area contributed by atoms with Crippen molar-refractivity contribution < 1.29 is 9.53 Å². The van der Waals surface area contributed by atoms with Crippen molar-refractivity contribution in [2.24, 2.45) is 0 Å². The van der Waals surface area contributed by atoms with Gasteiger partial charge in [-0.15, -0.1) is 0 Å². The van der Waals surface area contributed by atoms with E-state index in [4.69, 9.17) is 4.74 Å². The number of ether oxygens (including phenoxy) is 1. The molecule has 1 saturated heterocycles. The fourth-order valence-corrected chi connectivity index (χ4v) is 4.39. The maximum atomic E-state index is 12.6. The quantitative estimate of drug-likeness (QED) is 0.599. The van der Waals surface area contributed by atoms with Gasteiger partial charge >= 0.3 is 0 Å². The first-order valence-corrected chi connectivity index (χ1v) is 11.4. The van der Waals surface area contributed by atoms with Gasteiger partial charge in [-0.3, -0.25) is 9.69 Å². The van der Waals surface area contributed by atoms with Gasteiger partial charge < -0.3 is 10.1 Å². The van der Waals surface area contributed by atoms with E-state index in [2.05, 4.69) is 46.4 Å².